The SMILES string of the molecule is CC(=O)O[C@H](C)CCCC(=O)OC(C)(C)C. The Morgan fingerprint density at radius 3 is 2.25 bits per heavy atom. The minimum absolute atomic E-state index is 0.139. The van der Waals surface area contributed by atoms with Crippen LogP contribution in [0.25, 0.3) is 0 Å². The molecule has 0 aromatic carbocycles. The summed E-state index contributed by atoms with van der Waals surface area (Å²) in [7, 11) is 0. The lowest BCUT2D eigenvalue weighted by Crippen LogP contribution is -2.24. The summed E-state index contributed by atoms with van der Waals surface area (Å²) in [6.07, 6.45) is 1.57. The number of esters is 2. The van der Waals surface area contributed by atoms with E-state index in [4.69, 9.17) is 9.47 Å². The van der Waals surface area contributed by atoms with Gasteiger partial charge in [-0.05, 0) is 40.5 Å². The molecule has 0 aliphatic rings. The van der Waals surface area contributed by atoms with Crippen LogP contribution >= 0.6 is 0 Å². The molecule has 0 N–H and O–H groups in total. The molecule has 0 aromatic heterocycles. The molecule has 0 aliphatic carbocycles. The first-order chi connectivity index (χ1) is 7.20. The van der Waals surface area contributed by atoms with Crippen molar-refractivity contribution < 1.29 is 19.1 Å². The summed E-state index contributed by atoms with van der Waals surface area (Å²) in [4.78, 5) is 22.0. The first-order valence-corrected chi connectivity index (χ1v) is 5.60. The van der Waals surface area contributed by atoms with Gasteiger partial charge in [-0.25, -0.2) is 0 Å². The molecule has 0 bridgehead atoms. The normalized spacial score (nSPS) is 13.1. The van der Waals surface area contributed by atoms with E-state index in [-0.39, 0.29) is 18.0 Å². The highest BCUT2D eigenvalue weighted by molar-refractivity contribution is 5.69. The molecule has 94 valence electrons. The summed E-state index contributed by atoms with van der Waals surface area (Å²) in [6.45, 7) is 8.71. The summed E-state index contributed by atoms with van der Waals surface area (Å²) >= 11 is 0. The third-order valence-corrected chi connectivity index (χ3v) is 1.78. The maximum Gasteiger partial charge on any atom is 0.306 e. The summed E-state index contributed by atoms with van der Waals surface area (Å²) in [5.74, 6) is -0.493. The Balaban J connectivity index is 3.66. The summed E-state index contributed by atoms with van der Waals surface area (Å²) in [5, 5.41) is 0. The molecule has 0 spiro atoms. The number of ether oxygens (including phenoxy) is 2. The first-order valence-electron chi connectivity index (χ1n) is 5.60. The highest BCUT2D eigenvalue weighted by atomic mass is 16.6. The second kappa shape index (κ2) is 6.51. The van der Waals surface area contributed by atoms with E-state index in [0.29, 0.717) is 19.3 Å². The Morgan fingerprint density at radius 1 is 1.25 bits per heavy atom. The Labute approximate surface area is 97.3 Å². The average Bonchev–Trinajstić information content (AvgIpc) is 1.98. The van der Waals surface area contributed by atoms with Crippen molar-refractivity contribution in [3.63, 3.8) is 0 Å². The van der Waals surface area contributed by atoms with Crippen molar-refractivity contribution in [1.82, 2.24) is 0 Å². The van der Waals surface area contributed by atoms with Gasteiger partial charge in [0.2, 0.25) is 0 Å². The molecular weight excluding hydrogens is 208 g/mol. The molecule has 0 saturated carbocycles. The van der Waals surface area contributed by atoms with Crippen molar-refractivity contribution >= 4 is 11.9 Å². The third-order valence-electron chi connectivity index (χ3n) is 1.78. The number of carbonyl (C=O) groups is 2. The van der Waals surface area contributed by atoms with Crippen LogP contribution in [0.1, 0.15) is 53.9 Å². The Kier molecular flexibility index (Phi) is 6.08. The number of hydrogen-bond acceptors (Lipinski definition) is 4. The van der Waals surface area contributed by atoms with Crippen molar-refractivity contribution in [2.75, 3.05) is 0 Å². The van der Waals surface area contributed by atoms with Crippen LogP contribution < -0.4 is 0 Å². The van der Waals surface area contributed by atoms with Gasteiger partial charge in [0.05, 0.1) is 6.10 Å². The van der Waals surface area contributed by atoms with Crippen LogP contribution in [0.5, 0.6) is 0 Å². The van der Waals surface area contributed by atoms with Crippen LogP contribution in [0.15, 0.2) is 0 Å². The van der Waals surface area contributed by atoms with Gasteiger partial charge in [0.15, 0.2) is 0 Å². The fraction of sp³-hybridized carbons (Fsp3) is 0.833. The van der Waals surface area contributed by atoms with Crippen molar-refractivity contribution in [3.05, 3.63) is 0 Å². The van der Waals surface area contributed by atoms with Gasteiger partial charge in [0, 0.05) is 13.3 Å². The monoisotopic (exact) mass is 230 g/mol. The van der Waals surface area contributed by atoms with E-state index < -0.39 is 5.60 Å². The molecule has 0 fully saturated rings. The second-order valence-electron chi connectivity index (χ2n) is 4.90. The van der Waals surface area contributed by atoms with E-state index in [0.717, 1.165) is 0 Å². The quantitative estimate of drug-likeness (QED) is 0.681. The van der Waals surface area contributed by atoms with E-state index in [2.05, 4.69) is 0 Å². The Hall–Kier alpha value is -1.06. The van der Waals surface area contributed by atoms with Crippen LogP contribution in [0.4, 0.5) is 0 Å². The van der Waals surface area contributed by atoms with E-state index in [1.54, 1.807) is 0 Å². The third kappa shape index (κ3) is 9.49. The predicted octanol–water partition coefficient (Wildman–Crippen LogP) is 2.45. The fourth-order valence-electron chi connectivity index (χ4n) is 1.27. The number of rotatable bonds is 5. The fourth-order valence-corrected chi connectivity index (χ4v) is 1.27. The lowest BCUT2D eigenvalue weighted by atomic mass is 10.1. The molecule has 4 heteroatoms. The smallest absolute Gasteiger partial charge is 0.306 e. The van der Waals surface area contributed by atoms with Gasteiger partial charge in [-0.1, -0.05) is 0 Å². The molecule has 0 aliphatic heterocycles. The van der Waals surface area contributed by atoms with E-state index in [1.807, 2.05) is 27.7 Å². The minimum Gasteiger partial charge on any atom is -0.463 e. The average molecular weight is 230 g/mol. The maximum atomic E-state index is 11.3. The largest absolute Gasteiger partial charge is 0.463 e. The molecule has 1 atom stereocenters. The van der Waals surface area contributed by atoms with Crippen LogP contribution in [0.3, 0.4) is 0 Å². The summed E-state index contributed by atoms with van der Waals surface area (Å²) < 4.78 is 10.1. The molecule has 4 nitrogen and oxygen atoms in total. The van der Waals surface area contributed by atoms with Crippen molar-refractivity contribution in [2.45, 2.75) is 65.6 Å². The van der Waals surface area contributed by atoms with Crippen LogP contribution in [0, 0.1) is 0 Å². The lowest BCUT2D eigenvalue weighted by Gasteiger charge is -2.19. The van der Waals surface area contributed by atoms with Crippen LogP contribution in [0.2, 0.25) is 0 Å². The van der Waals surface area contributed by atoms with Crippen LogP contribution in [-0.2, 0) is 19.1 Å². The molecule has 0 heterocycles. The van der Waals surface area contributed by atoms with Gasteiger partial charge in [-0.3, -0.25) is 9.59 Å². The van der Waals surface area contributed by atoms with Gasteiger partial charge in [0.1, 0.15) is 5.60 Å². The zero-order valence-corrected chi connectivity index (χ0v) is 10.8. The predicted molar refractivity (Wildman–Crippen MR) is 60.9 cm³/mol. The first kappa shape index (κ1) is 14.9. The summed E-state index contributed by atoms with van der Waals surface area (Å²) in [5.41, 5.74) is -0.432. The zero-order valence-electron chi connectivity index (χ0n) is 10.8. The van der Waals surface area contributed by atoms with Crippen molar-refractivity contribution in [1.29, 1.82) is 0 Å². The van der Waals surface area contributed by atoms with Gasteiger partial charge in [-0.2, -0.15) is 0 Å². The lowest BCUT2D eigenvalue weighted by molar-refractivity contribution is -0.155. The molecule has 0 amide bonds. The molecular formula is C12H22O4. The minimum atomic E-state index is -0.432. The van der Waals surface area contributed by atoms with E-state index in [1.165, 1.54) is 6.92 Å². The molecule has 0 rings (SSSR count). The molecule has 0 radical (unpaired) electrons. The highest BCUT2D eigenvalue weighted by Crippen LogP contribution is 2.11. The number of hydrogen-bond donors (Lipinski definition) is 0. The van der Waals surface area contributed by atoms with Crippen LogP contribution in [-0.4, -0.2) is 23.6 Å². The van der Waals surface area contributed by atoms with E-state index in [9.17, 15) is 9.59 Å². The van der Waals surface area contributed by atoms with Gasteiger partial charge < -0.3 is 9.47 Å². The topological polar surface area (TPSA) is 52.6 Å². The summed E-state index contributed by atoms with van der Waals surface area (Å²) in [6, 6.07) is 0. The second-order valence-corrected chi connectivity index (χ2v) is 4.90. The Morgan fingerprint density at radius 2 is 1.81 bits per heavy atom. The maximum absolute atomic E-state index is 11.3. The molecule has 0 unspecified atom stereocenters. The van der Waals surface area contributed by atoms with Gasteiger partial charge >= 0.3 is 11.9 Å². The Bertz CT molecular complexity index is 240. The van der Waals surface area contributed by atoms with Crippen molar-refractivity contribution in [2.24, 2.45) is 0 Å². The van der Waals surface area contributed by atoms with Gasteiger partial charge in [-0.15, -0.1) is 0 Å². The molecule has 16 heavy (non-hydrogen) atoms. The zero-order chi connectivity index (χ0) is 12.8. The van der Waals surface area contributed by atoms with Crippen molar-refractivity contribution in [3.8, 4) is 0 Å². The molecule has 0 saturated heterocycles. The van der Waals surface area contributed by atoms with E-state index >= 15 is 0 Å². The highest BCUT2D eigenvalue weighted by Gasteiger charge is 2.16. The number of carbonyl (C=O) groups excluding carboxylic acids is 2. The standard InChI is InChI=1S/C12H22O4/c1-9(15-10(2)13)7-6-8-11(14)16-12(3,4)5/h9H,6-8H2,1-5H3/t9-/m1/s1. The van der Waals surface area contributed by atoms with Gasteiger partial charge in [0.25, 0.3) is 0 Å². The molecule has 0 aromatic rings.